The van der Waals surface area contributed by atoms with Crippen molar-refractivity contribution >= 4 is 11.6 Å². The highest BCUT2D eigenvalue weighted by Crippen LogP contribution is 2.44. The minimum Gasteiger partial charge on any atom is -0.360 e. The smallest absolute Gasteiger partial charge is 0.144 e. The number of nitrogens with zero attached hydrogens (tertiary/aromatic N) is 1. The van der Waals surface area contributed by atoms with Crippen LogP contribution in [-0.2, 0) is 5.88 Å². The van der Waals surface area contributed by atoms with Crippen LogP contribution in [0.4, 0.5) is 8.78 Å². The number of rotatable bonds is 3. The van der Waals surface area contributed by atoms with Crippen LogP contribution in [0.2, 0.25) is 0 Å². The van der Waals surface area contributed by atoms with Gasteiger partial charge in [0.15, 0.2) is 0 Å². The van der Waals surface area contributed by atoms with Crippen molar-refractivity contribution < 1.29 is 13.3 Å². The van der Waals surface area contributed by atoms with Gasteiger partial charge in [-0.3, -0.25) is 0 Å². The number of hydrogen-bond acceptors (Lipinski definition) is 2. The Labute approximate surface area is 108 Å². The Hall–Kier alpha value is -1.42. The molecule has 1 saturated carbocycles. The molecule has 0 bridgehead atoms. The fourth-order valence-corrected chi connectivity index (χ4v) is 2.30. The Morgan fingerprint density at radius 2 is 1.94 bits per heavy atom. The zero-order valence-corrected chi connectivity index (χ0v) is 10.2. The molecule has 1 aromatic carbocycles. The average Bonchev–Trinajstić information content (AvgIpc) is 3.10. The van der Waals surface area contributed by atoms with Gasteiger partial charge in [-0.15, -0.1) is 11.6 Å². The molecule has 18 heavy (non-hydrogen) atoms. The van der Waals surface area contributed by atoms with Crippen LogP contribution >= 0.6 is 11.6 Å². The topological polar surface area (TPSA) is 26.0 Å². The Bertz CT molecular complexity index is 572. The van der Waals surface area contributed by atoms with E-state index in [0.717, 1.165) is 12.8 Å². The van der Waals surface area contributed by atoms with Gasteiger partial charge in [0.25, 0.3) is 0 Å². The van der Waals surface area contributed by atoms with Gasteiger partial charge in [0, 0.05) is 11.5 Å². The first-order valence-corrected chi connectivity index (χ1v) is 6.24. The lowest BCUT2D eigenvalue weighted by atomic mass is 10.0. The van der Waals surface area contributed by atoms with E-state index in [1.54, 1.807) is 0 Å². The minimum atomic E-state index is -0.656. The van der Waals surface area contributed by atoms with Gasteiger partial charge in [-0.25, -0.2) is 8.78 Å². The second-order valence-corrected chi connectivity index (χ2v) is 4.65. The van der Waals surface area contributed by atoms with E-state index >= 15 is 0 Å². The van der Waals surface area contributed by atoms with Gasteiger partial charge >= 0.3 is 0 Å². The van der Waals surface area contributed by atoms with E-state index in [1.165, 1.54) is 18.2 Å². The van der Waals surface area contributed by atoms with Gasteiger partial charge in [-0.2, -0.15) is 0 Å². The molecular weight excluding hydrogens is 260 g/mol. The first-order chi connectivity index (χ1) is 8.72. The summed E-state index contributed by atoms with van der Waals surface area (Å²) in [6.07, 6.45) is 2.02. The summed E-state index contributed by atoms with van der Waals surface area (Å²) in [6, 6.07) is 3.71. The summed E-state index contributed by atoms with van der Waals surface area (Å²) in [7, 11) is 0. The first kappa shape index (κ1) is 11.7. The van der Waals surface area contributed by atoms with Crippen LogP contribution in [0.25, 0.3) is 11.3 Å². The first-order valence-electron chi connectivity index (χ1n) is 5.71. The third-order valence-electron chi connectivity index (χ3n) is 3.10. The molecule has 0 atom stereocenters. The van der Waals surface area contributed by atoms with Gasteiger partial charge < -0.3 is 4.52 Å². The molecule has 0 saturated heterocycles. The summed E-state index contributed by atoms with van der Waals surface area (Å²) in [6.45, 7) is 0. The highest BCUT2D eigenvalue weighted by molar-refractivity contribution is 6.17. The molecule has 0 N–H and O–H groups in total. The number of benzene rings is 1. The van der Waals surface area contributed by atoms with Crippen molar-refractivity contribution in [2.75, 3.05) is 0 Å². The van der Waals surface area contributed by atoms with E-state index in [4.69, 9.17) is 16.1 Å². The molecule has 5 heteroatoms. The highest BCUT2D eigenvalue weighted by Gasteiger charge is 2.33. The lowest BCUT2D eigenvalue weighted by Crippen LogP contribution is -1.93. The lowest BCUT2D eigenvalue weighted by molar-refractivity contribution is 0.384. The summed E-state index contributed by atoms with van der Waals surface area (Å²) in [5, 5.41) is 3.80. The largest absolute Gasteiger partial charge is 0.360 e. The van der Waals surface area contributed by atoms with Crippen LogP contribution in [-0.4, -0.2) is 5.16 Å². The number of aromatic nitrogens is 1. The van der Waals surface area contributed by atoms with E-state index < -0.39 is 11.6 Å². The van der Waals surface area contributed by atoms with Crippen molar-refractivity contribution in [1.29, 1.82) is 0 Å². The summed E-state index contributed by atoms with van der Waals surface area (Å²) < 4.78 is 32.6. The summed E-state index contributed by atoms with van der Waals surface area (Å²) in [5.74, 6) is -0.204. The molecule has 0 aliphatic heterocycles. The monoisotopic (exact) mass is 269 g/mol. The Morgan fingerprint density at radius 3 is 2.50 bits per heavy atom. The zero-order chi connectivity index (χ0) is 12.7. The molecule has 2 nitrogen and oxygen atoms in total. The maximum Gasteiger partial charge on any atom is 0.144 e. The minimum absolute atomic E-state index is 0.137. The molecule has 0 unspecified atom stereocenters. The van der Waals surface area contributed by atoms with Crippen LogP contribution in [0.5, 0.6) is 0 Å². The van der Waals surface area contributed by atoms with E-state index in [9.17, 15) is 8.78 Å². The summed E-state index contributed by atoms with van der Waals surface area (Å²) in [4.78, 5) is 0. The van der Waals surface area contributed by atoms with E-state index in [0.29, 0.717) is 17.2 Å². The fourth-order valence-electron chi connectivity index (χ4n) is 2.04. The van der Waals surface area contributed by atoms with Gasteiger partial charge in [-0.05, 0) is 25.0 Å². The van der Waals surface area contributed by atoms with Gasteiger partial charge in [-0.1, -0.05) is 11.2 Å². The van der Waals surface area contributed by atoms with Crippen molar-refractivity contribution in [3.05, 3.63) is 41.2 Å². The van der Waals surface area contributed by atoms with Crippen LogP contribution in [0.3, 0.4) is 0 Å². The van der Waals surface area contributed by atoms with E-state index in [2.05, 4.69) is 5.16 Å². The Kier molecular flexibility index (Phi) is 2.82. The molecule has 2 aromatic rings. The van der Waals surface area contributed by atoms with Crippen LogP contribution in [0.1, 0.15) is 30.1 Å². The molecule has 0 spiro atoms. The van der Waals surface area contributed by atoms with Gasteiger partial charge in [0.1, 0.15) is 23.1 Å². The van der Waals surface area contributed by atoms with Crippen molar-refractivity contribution in [3.63, 3.8) is 0 Å². The maximum atomic E-state index is 13.7. The van der Waals surface area contributed by atoms with Crippen molar-refractivity contribution in [3.8, 4) is 11.3 Å². The standard InChI is InChI=1S/C13H10ClF2NO/c14-6-8-12(17-18-13(8)7-4-5-7)11-9(15)2-1-3-10(11)16/h1-3,7H,4-6H2. The molecule has 0 radical (unpaired) electrons. The van der Waals surface area contributed by atoms with Gasteiger partial charge in [0.2, 0.25) is 0 Å². The molecular formula is C13H10ClF2NO. The molecule has 1 aliphatic rings. The third kappa shape index (κ3) is 1.81. The van der Waals surface area contributed by atoms with Crippen molar-refractivity contribution in [1.82, 2.24) is 5.16 Å². The summed E-state index contributed by atoms with van der Waals surface area (Å²) in [5.41, 5.74) is 0.620. The molecule has 3 rings (SSSR count). The van der Waals surface area contributed by atoms with Crippen molar-refractivity contribution in [2.45, 2.75) is 24.6 Å². The van der Waals surface area contributed by atoms with E-state index in [1.807, 2.05) is 0 Å². The van der Waals surface area contributed by atoms with Crippen LogP contribution in [0.15, 0.2) is 22.7 Å². The Morgan fingerprint density at radius 1 is 1.28 bits per heavy atom. The predicted molar refractivity (Wildman–Crippen MR) is 63.4 cm³/mol. The number of halogens is 3. The van der Waals surface area contributed by atoms with Crippen LogP contribution < -0.4 is 0 Å². The Balaban J connectivity index is 2.16. The average molecular weight is 270 g/mol. The second kappa shape index (κ2) is 4.35. The molecule has 1 aromatic heterocycles. The maximum absolute atomic E-state index is 13.7. The quantitative estimate of drug-likeness (QED) is 0.779. The molecule has 94 valence electrons. The fraction of sp³-hybridized carbons (Fsp3) is 0.308. The molecule has 1 aliphatic carbocycles. The van der Waals surface area contributed by atoms with Crippen LogP contribution in [0, 0.1) is 11.6 Å². The molecule has 1 fully saturated rings. The third-order valence-corrected chi connectivity index (χ3v) is 3.37. The number of alkyl halides is 1. The number of hydrogen-bond donors (Lipinski definition) is 0. The van der Waals surface area contributed by atoms with Gasteiger partial charge in [0.05, 0.1) is 11.4 Å². The molecule has 1 heterocycles. The predicted octanol–water partition coefficient (Wildman–Crippen LogP) is 4.24. The lowest BCUT2D eigenvalue weighted by Gasteiger charge is -2.03. The van der Waals surface area contributed by atoms with Crippen molar-refractivity contribution in [2.24, 2.45) is 0 Å². The SMILES string of the molecule is Fc1cccc(F)c1-c1noc(C2CC2)c1CCl. The second-order valence-electron chi connectivity index (χ2n) is 4.38. The summed E-state index contributed by atoms with van der Waals surface area (Å²) >= 11 is 5.86. The normalized spacial score (nSPS) is 15.1. The van der Waals surface area contributed by atoms with E-state index in [-0.39, 0.29) is 17.1 Å². The molecule has 0 amide bonds. The zero-order valence-electron chi connectivity index (χ0n) is 9.42. The highest BCUT2D eigenvalue weighted by atomic mass is 35.5.